The summed E-state index contributed by atoms with van der Waals surface area (Å²) in [6, 6.07) is 0. The molecule has 0 bridgehead atoms. The molecule has 3 aliphatic rings. The van der Waals surface area contributed by atoms with Crippen LogP contribution in [0.3, 0.4) is 0 Å². The number of rotatable bonds is 0. The highest BCUT2D eigenvalue weighted by Gasteiger charge is 2.52. The van der Waals surface area contributed by atoms with Crippen molar-refractivity contribution < 1.29 is 9.59 Å². The number of carbonyl (C=O) groups excluding carboxylic acids is 2. The molecule has 4 heteroatoms. The Morgan fingerprint density at radius 1 is 1.07 bits per heavy atom. The van der Waals surface area contributed by atoms with Crippen molar-refractivity contribution >= 4 is 41.7 Å². The molecule has 0 aromatic rings. The van der Waals surface area contributed by atoms with Crippen LogP contribution in [0.1, 0.15) is 87.5 Å². The fourth-order valence-corrected chi connectivity index (χ4v) is 4.97. The van der Waals surface area contributed by atoms with Gasteiger partial charge in [-0.2, -0.15) is 0 Å². The monoisotopic (exact) mass is 516 g/mol. The Bertz CT molecular complexity index is 668. The summed E-state index contributed by atoms with van der Waals surface area (Å²) < 4.78 is 0. The molecule has 3 atom stereocenters. The zero-order chi connectivity index (χ0) is 22.0. The molecule has 158 valence electrons. The Hall–Kier alpha value is -0.540. The Balaban J connectivity index is 0.00000111. The Labute approximate surface area is 189 Å². The second-order valence-corrected chi connectivity index (χ2v) is 8.47. The lowest BCUT2D eigenvalue weighted by molar-refractivity contribution is -0.123. The van der Waals surface area contributed by atoms with E-state index in [2.05, 4.69) is 45.4 Å². The molecule has 3 rings (SSSR count). The zero-order valence-corrected chi connectivity index (χ0v) is 21.8. The Morgan fingerprint density at radius 3 is 2.25 bits per heavy atom. The lowest BCUT2D eigenvalue weighted by Crippen LogP contribution is -2.45. The number of allylic oxidation sites excluding steroid dienone is 4. The van der Waals surface area contributed by atoms with Crippen LogP contribution in [0.4, 0.5) is 0 Å². The van der Waals surface area contributed by atoms with E-state index in [0.717, 1.165) is 19.3 Å². The molecule has 0 spiro atoms. The molecule has 3 aliphatic carbocycles. The van der Waals surface area contributed by atoms with Gasteiger partial charge in [-0.15, -0.1) is 0 Å². The minimum Gasteiger partial charge on any atom is -0.299 e. The van der Waals surface area contributed by atoms with Gasteiger partial charge in [-0.3, -0.25) is 9.59 Å². The van der Waals surface area contributed by atoms with E-state index in [4.69, 9.17) is 0 Å². The van der Waals surface area contributed by atoms with Gasteiger partial charge in [0.2, 0.25) is 0 Å². The number of Topliss-reactive ketones (excluding diaryl/α,β-unsaturated/α-hetero) is 1. The van der Waals surface area contributed by atoms with Crippen molar-refractivity contribution in [2.45, 2.75) is 87.5 Å². The second-order valence-electron chi connectivity index (χ2n) is 6.79. The van der Waals surface area contributed by atoms with Crippen LogP contribution in [0.25, 0.3) is 0 Å². The van der Waals surface area contributed by atoms with Gasteiger partial charge in [-0.1, -0.05) is 73.0 Å². The maximum absolute atomic E-state index is 12.1. The largest absolute Gasteiger partial charge is 0.299 e. The first-order chi connectivity index (χ1) is 13.4. The van der Waals surface area contributed by atoms with E-state index in [0.29, 0.717) is 18.6 Å². The van der Waals surface area contributed by atoms with Crippen LogP contribution in [-0.4, -0.2) is 11.6 Å². The van der Waals surface area contributed by atoms with Gasteiger partial charge in [0.25, 0.3) is 0 Å². The standard InChI is InChI=1S/C18H19IO2S.3C2H6/c1-12-14-4-8-18(9-10-22-19)7-3-13(20)11-16(18)17(14,2)6-5-15(12)21;3*1-2/h4,11-12H,3,5-8H2,1-2H3;3*1-2H3. The molecule has 0 N–H and O–H groups in total. The van der Waals surface area contributed by atoms with Gasteiger partial charge < -0.3 is 0 Å². The molecule has 0 aliphatic heterocycles. The summed E-state index contributed by atoms with van der Waals surface area (Å²) in [4.78, 5) is 24.2. The maximum atomic E-state index is 12.1. The first-order valence-electron chi connectivity index (χ1n) is 10.7. The van der Waals surface area contributed by atoms with E-state index < -0.39 is 0 Å². The van der Waals surface area contributed by atoms with Crippen LogP contribution in [0.2, 0.25) is 0 Å². The number of carbonyl (C=O) groups is 2. The van der Waals surface area contributed by atoms with Gasteiger partial charge in [0.15, 0.2) is 5.78 Å². The number of halogens is 1. The average molecular weight is 517 g/mol. The van der Waals surface area contributed by atoms with Gasteiger partial charge in [-0.25, -0.2) is 0 Å². The molecule has 0 saturated heterocycles. The quantitative estimate of drug-likeness (QED) is 0.188. The molecule has 0 amide bonds. The van der Waals surface area contributed by atoms with Crippen molar-refractivity contribution in [3.8, 4) is 11.2 Å². The fourth-order valence-electron chi connectivity index (χ4n) is 4.40. The van der Waals surface area contributed by atoms with E-state index in [1.807, 2.05) is 54.5 Å². The Morgan fingerprint density at radius 2 is 1.68 bits per heavy atom. The lowest BCUT2D eigenvalue weighted by atomic mass is 9.51. The molecule has 28 heavy (non-hydrogen) atoms. The first-order valence-corrected chi connectivity index (χ1v) is 14.1. The molecule has 2 nitrogen and oxygen atoms in total. The number of hydrogen-bond donors (Lipinski definition) is 0. The van der Waals surface area contributed by atoms with Gasteiger partial charge >= 0.3 is 0 Å². The van der Waals surface area contributed by atoms with Crippen LogP contribution in [0.5, 0.6) is 0 Å². The van der Waals surface area contributed by atoms with Crippen molar-refractivity contribution in [1.29, 1.82) is 0 Å². The van der Waals surface area contributed by atoms with Crippen molar-refractivity contribution in [3.05, 3.63) is 23.3 Å². The number of hydrogen-bond acceptors (Lipinski definition) is 3. The van der Waals surface area contributed by atoms with E-state index in [1.54, 1.807) is 0 Å². The van der Waals surface area contributed by atoms with E-state index in [-0.39, 0.29) is 22.5 Å². The molecular formula is C24H37IO2S. The van der Waals surface area contributed by atoms with Gasteiger partial charge in [0.1, 0.15) is 5.78 Å². The predicted octanol–water partition coefficient (Wildman–Crippen LogP) is 7.72. The highest BCUT2D eigenvalue weighted by molar-refractivity contribution is 14.2. The highest BCUT2D eigenvalue weighted by Crippen LogP contribution is 2.59. The van der Waals surface area contributed by atoms with Gasteiger partial charge in [-0.05, 0) is 45.1 Å². The first kappa shape index (κ1) is 27.5. The van der Waals surface area contributed by atoms with E-state index in [1.165, 1.54) is 20.1 Å². The zero-order valence-electron chi connectivity index (χ0n) is 18.9. The molecule has 0 aromatic carbocycles. The molecule has 0 radical (unpaired) electrons. The van der Waals surface area contributed by atoms with Gasteiger partial charge in [0, 0.05) is 45.4 Å². The van der Waals surface area contributed by atoms with Crippen LogP contribution in [-0.2, 0) is 9.59 Å². The highest BCUT2D eigenvalue weighted by atomic mass is 127. The topological polar surface area (TPSA) is 34.1 Å². The molecule has 1 saturated carbocycles. The van der Waals surface area contributed by atoms with Crippen molar-refractivity contribution in [2.75, 3.05) is 0 Å². The number of fused-ring (bicyclic) bond motifs is 3. The Kier molecular flexibility index (Phi) is 12.7. The third-order valence-electron chi connectivity index (χ3n) is 5.67. The van der Waals surface area contributed by atoms with Crippen molar-refractivity contribution in [3.63, 3.8) is 0 Å². The third kappa shape index (κ3) is 5.53. The predicted molar refractivity (Wildman–Crippen MR) is 132 cm³/mol. The van der Waals surface area contributed by atoms with Crippen LogP contribution in [0, 0.1) is 27.9 Å². The molecular weight excluding hydrogens is 479 g/mol. The van der Waals surface area contributed by atoms with Crippen molar-refractivity contribution in [1.82, 2.24) is 0 Å². The summed E-state index contributed by atoms with van der Waals surface area (Å²) in [5.74, 6) is 3.96. The van der Waals surface area contributed by atoms with Crippen LogP contribution >= 0.6 is 30.1 Å². The summed E-state index contributed by atoms with van der Waals surface area (Å²) in [7, 11) is 1.50. The molecule has 3 unspecified atom stereocenters. The summed E-state index contributed by atoms with van der Waals surface area (Å²) in [6.07, 6.45) is 7.74. The summed E-state index contributed by atoms with van der Waals surface area (Å²) in [6.45, 7) is 16.2. The third-order valence-corrected chi connectivity index (χ3v) is 6.51. The number of ketones is 2. The van der Waals surface area contributed by atoms with E-state index >= 15 is 0 Å². The minimum atomic E-state index is -0.204. The molecule has 0 aromatic heterocycles. The lowest BCUT2D eigenvalue weighted by Gasteiger charge is -2.51. The van der Waals surface area contributed by atoms with Gasteiger partial charge in [0.05, 0.1) is 5.41 Å². The summed E-state index contributed by atoms with van der Waals surface area (Å²) in [5, 5.41) is 3.16. The smallest absolute Gasteiger partial charge is 0.155 e. The minimum absolute atomic E-state index is 0.0263. The maximum Gasteiger partial charge on any atom is 0.155 e. The average Bonchev–Trinajstić information content (AvgIpc) is 2.75. The van der Waals surface area contributed by atoms with E-state index in [9.17, 15) is 9.59 Å². The normalized spacial score (nSPS) is 30.0. The summed E-state index contributed by atoms with van der Waals surface area (Å²) in [5.41, 5.74) is 2.01. The van der Waals surface area contributed by atoms with Crippen molar-refractivity contribution in [2.24, 2.45) is 16.7 Å². The fraction of sp³-hybridized carbons (Fsp3) is 0.667. The molecule has 1 fully saturated rings. The molecule has 0 heterocycles. The van der Waals surface area contributed by atoms with Crippen LogP contribution in [0.15, 0.2) is 23.3 Å². The second kappa shape index (κ2) is 12.9. The summed E-state index contributed by atoms with van der Waals surface area (Å²) >= 11 is 2.19. The van der Waals surface area contributed by atoms with Crippen LogP contribution < -0.4 is 0 Å². The SMILES string of the molecule is CC.CC.CC.CC1C(=O)CCC2(C)C1=CCC1(C#CSI)CCC(=O)C=C12.